The fourth-order valence-electron chi connectivity index (χ4n) is 4.34. The molecule has 0 aliphatic heterocycles. The maximum absolute atomic E-state index is 2.43. The van der Waals surface area contributed by atoms with Crippen LogP contribution in [0.4, 0.5) is 0 Å². The summed E-state index contributed by atoms with van der Waals surface area (Å²) in [7, 11) is 0. The third-order valence-electron chi connectivity index (χ3n) is 5.53. The number of hydrogen-bond donors (Lipinski definition) is 0. The SMILES string of the molecule is [Zr].[cH-]1[cH-][cH-][cH-][cH-]1.c1cc(C2CCCCC2)[c-](C2CCCCC2)c1. The Labute approximate surface area is 161 Å². The van der Waals surface area contributed by atoms with Crippen LogP contribution in [0, 0.1) is 0 Å². The van der Waals surface area contributed by atoms with Crippen molar-refractivity contribution in [2.45, 2.75) is 76.0 Å². The molecule has 1 heteroatoms. The molecule has 0 unspecified atom stereocenters. The first-order valence-electron chi connectivity index (χ1n) is 9.37. The summed E-state index contributed by atoms with van der Waals surface area (Å²) < 4.78 is 0. The minimum Gasteiger partial charge on any atom is -0.748 e. The van der Waals surface area contributed by atoms with Crippen LogP contribution in [0.1, 0.15) is 87.2 Å². The Balaban J connectivity index is 0.000000276. The van der Waals surface area contributed by atoms with Crippen LogP contribution in [0.5, 0.6) is 0 Å². The van der Waals surface area contributed by atoms with Crippen LogP contribution in [0.25, 0.3) is 0 Å². The van der Waals surface area contributed by atoms with Gasteiger partial charge in [0.15, 0.2) is 0 Å². The van der Waals surface area contributed by atoms with Gasteiger partial charge >= 0.3 is 0 Å². The van der Waals surface area contributed by atoms with Crippen molar-refractivity contribution in [3.63, 3.8) is 0 Å². The largest absolute Gasteiger partial charge is 0.748 e. The molecule has 0 saturated heterocycles. The van der Waals surface area contributed by atoms with Crippen molar-refractivity contribution in [3.05, 3.63) is 59.7 Å². The quantitative estimate of drug-likeness (QED) is 0.493. The zero-order valence-electron chi connectivity index (χ0n) is 14.3. The monoisotopic (exact) mass is 384 g/mol. The van der Waals surface area contributed by atoms with Gasteiger partial charge in [0.25, 0.3) is 0 Å². The van der Waals surface area contributed by atoms with Gasteiger partial charge in [-0.3, -0.25) is 0 Å². The van der Waals surface area contributed by atoms with Crippen molar-refractivity contribution < 1.29 is 26.2 Å². The van der Waals surface area contributed by atoms with Crippen LogP contribution in [-0.2, 0) is 26.2 Å². The molecule has 0 N–H and O–H groups in total. The van der Waals surface area contributed by atoms with Gasteiger partial charge in [-0.1, -0.05) is 57.3 Å². The average molecular weight is 386 g/mol. The first kappa shape index (κ1) is 18.9. The second-order valence-corrected chi connectivity index (χ2v) is 7.07. The van der Waals surface area contributed by atoms with Gasteiger partial charge < -0.3 is 30.3 Å². The van der Waals surface area contributed by atoms with Crippen LogP contribution >= 0.6 is 0 Å². The van der Waals surface area contributed by atoms with E-state index in [1.54, 1.807) is 11.1 Å². The fraction of sp³-hybridized carbons (Fsp3) is 0.545. The van der Waals surface area contributed by atoms with E-state index in [1.807, 2.05) is 30.3 Å². The molecular weight excluding hydrogens is 355 g/mol. The fourth-order valence-corrected chi connectivity index (χ4v) is 4.34. The molecule has 2 aromatic rings. The average Bonchev–Trinajstić information content (AvgIpc) is 3.31. The van der Waals surface area contributed by atoms with Crippen molar-refractivity contribution in [2.75, 3.05) is 0 Å². The Morgan fingerprint density at radius 1 is 0.739 bits per heavy atom. The van der Waals surface area contributed by atoms with Crippen LogP contribution in [0.3, 0.4) is 0 Å². The van der Waals surface area contributed by atoms with Gasteiger partial charge in [0.05, 0.1) is 0 Å². The second kappa shape index (κ2) is 10.4. The summed E-state index contributed by atoms with van der Waals surface area (Å²) in [5.74, 6) is 1.80. The molecule has 128 valence electrons. The van der Waals surface area contributed by atoms with E-state index in [9.17, 15) is 0 Å². The number of hydrogen-bond acceptors (Lipinski definition) is 0. The van der Waals surface area contributed by atoms with Gasteiger partial charge in [0.1, 0.15) is 0 Å². The van der Waals surface area contributed by atoms with Crippen LogP contribution in [-0.4, -0.2) is 0 Å². The van der Waals surface area contributed by atoms with E-state index < -0.39 is 0 Å². The Kier molecular flexibility index (Phi) is 8.59. The molecule has 2 aromatic carbocycles. The smallest absolute Gasteiger partial charge is 0 e. The molecule has 0 bridgehead atoms. The molecule has 0 aromatic heterocycles. The molecular formula is C22H30Zr-6. The summed E-state index contributed by atoms with van der Waals surface area (Å²) in [6.45, 7) is 0. The van der Waals surface area contributed by atoms with Gasteiger partial charge in [-0.2, -0.15) is 17.2 Å². The predicted molar refractivity (Wildman–Crippen MR) is 95.7 cm³/mol. The zero-order chi connectivity index (χ0) is 15.0. The Hall–Kier alpha value is -0.417. The van der Waals surface area contributed by atoms with Gasteiger partial charge in [-0.05, 0) is 18.8 Å². The molecule has 0 heterocycles. The van der Waals surface area contributed by atoms with Gasteiger partial charge in [0, 0.05) is 26.2 Å². The molecule has 4 rings (SSSR count). The van der Waals surface area contributed by atoms with Crippen LogP contribution in [0.2, 0.25) is 0 Å². The van der Waals surface area contributed by atoms with E-state index in [0.29, 0.717) is 0 Å². The summed E-state index contributed by atoms with van der Waals surface area (Å²) >= 11 is 0. The van der Waals surface area contributed by atoms with E-state index in [-0.39, 0.29) is 26.2 Å². The van der Waals surface area contributed by atoms with E-state index in [1.165, 1.54) is 64.2 Å². The summed E-state index contributed by atoms with van der Waals surface area (Å²) in [6, 6.07) is 17.2. The molecule has 0 amide bonds. The molecule has 0 radical (unpaired) electrons. The third kappa shape index (κ3) is 5.56. The minimum absolute atomic E-state index is 0. The van der Waals surface area contributed by atoms with Crippen LogP contribution in [0.15, 0.2) is 48.5 Å². The first-order chi connectivity index (χ1) is 10.9. The summed E-state index contributed by atoms with van der Waals surface area (Å²) in [6.07, 6.45) is 14.6. The van der Waals surface area contributed by atoms with Gasteiger partial charge in [-0.25, -0.2) is 12.1 Å². The van der Waals surface area contributed by atoms with Gasteiger partial charge in [-0.15, -0.1) is 0 Å². The molecule has 2 aliphatic carbocycles. The normalized spacial score (nSPS) is 19.5. The molecule has 2 aliphatic rings. The van der Waals surface area contributed by atoms with E-state index >= 15 is 0 Å². The molecule has 0 spiro atoms. The van der Waals surface area contributed by atoms with E-state index in [4.69, 9.17) is 0 Å². The maximum Gasteiger partial charge on any atom is 0 e. The summed E-state index contributed by atoms with van der Waals surface area (Å²) in [5, 5.41) is 0. The third-order valence-corrected chi connectivity index (χ3v) is 5.53. The van der Waals surface area contributed by atoms with Crippen molar-refractivity contribution in [3.8, 4) is 0 Å². The standard InChI is InChI=1S/C17H25.C5H5.Zr/c1-3-8-14(9-4-1)16-12-7-13-17(16)15-10-5-2-6-11-15;1-2-4-5-3-1;/h7,12-15H,1-6,8-11H2;1-5H;/q-1;-5;. The topological polar surface area (TPSA) is 0 Å². The van der Waals surface area contributed by atoms with Crippen molar-refractivity contribution in [1.82, 2.24) is 0 Å². The van der Waals surface area contributed by atoms with Crippen molar-refractivity contribution in [2.24, 2.45) is 0 Å². The predicted octanol–water partition coefficient (Wildman–Crippen LogP) is 6.90. The first-order valence-corrected chi connectivity index (χ1v) is 9.37. The van der Waals surface area contributed by atoms with Crippen molar-refractivity contribution in [1.29, 1.82) is 0 Å². The molecule has 23 heavy (non-hydrogen) atoms. The molecule has 2 saturated carbocycles. The Morgan fingerprint density at radius 2 is 1.26 bits per heavy atom. The maximum atomic E-state index is 2.43. The van der Waals surface area contributed by atoms with E-state index in [2.05, 4.69) is 18.2 Å². The van der Waals surface area contributed by atoms with Crippen molar-refractivity contribution >= 4 is 0 Å². The molecule has 0 atom stereocenters. The molecule has 0 nitrogen and oxygen atoms in total. The van der Waals surface area contributed by atoms with Crippen LogP contribution < -0.4 is 0 Å². The van der Waals surface area contributed by atoms with Gasteiger partial charge in [0.2, 0.25) is 0 Å². The Morgan fingerprint density at radius 3 is 1.83 bits per heavy atom. The van der Waals surface area contributed by atoms with E-state index in [0.717, 1.165) is 11.8 Å². The second-order valence-electron chi connectivity index (χ2n) is 7.07. The Bertz CT molecular complexity index is 446. The number of rotatable bonds is 2. The summed E-state index contributed by atoms with van der Waals surface area (Å²) in [5.41, 5.74) is 3.47. The summed E-state index contributed by atoms with van der Waals surface area (Å²) in [4.78, 5) is 0. The zero-order valence-corrected chi connectivity index (χ0v) is 16.8. The minimum atomic E-state index is 0. The molecule has 2 fully saturated rings.